The fourth-order valence-corrected chi connectivity index (χ4v) is 2.59. The van der Waals surface area contributed by atoms with Crippen LogP contribution in [0, 0.1) is 5.92 Å². The summed E-state index contributed by atoms with van der Waals surface area (Å²) in [5.74, 6) is -1.31. The smallest absolute Gasteiger partial charge is 0.317 e. The molecule has 2 rings (SSSR count). The molecule has 3 atom stereocenters. The number of aliphatic carboxylic acids is 1. The Morgan fingerprint density at radius 1 is 1.37 bits per heavy atom. The second kappa shape index (κ2) is 5.61. The van der Waals surface area contributed by atoms with Crippen molar-refractivity contribution in [3.63, 3.8) is 0 Å². The van der Waals surface area contributed by atoms with E-state index in [0.717, 1.165) is 19.5 Å². The van der Waals surface area contributed by atoms with Crippen LogP contribution in [0.1, 0.15) is 12.8 Å². The summed E-state index contributed by atoms with van der Waals surface area (Å²) in [5, 5.41) is 11.8. The minimum absolute atomic E-state index is 0.0926. The number of amides is 2. The quantitative estimate of drug-likeness (QED) is 0.724. The molecule has 0 aromatic carbocycles. The minimum Gasteiger partial charge on any atom is -0.481 e. The number of nitrogens with one attached hydrogen (secondary N) is 1. The van der Waals surface area contributed by atoms with E-state index in [-0.39, 0.29) is 12.1 Å². The summed E-state index contributed by atoms with van der Waals surface area (Å²) in [6.07, 6.45) is 4.86. The van der Waals surface area contributed by atoms with E-state index < -0.39 is 11.9 Å². The number of nitrogens with zero attached hydrogens (tertiary/aromatic N) is 2. The monoisotopic (exact) mass is 267 g/mol. The molecule has 0 spiro atoms. The number of urea groups is 1. The summed E-state index contributed by atoms with van der Waals surface area (Å²) in [6.45, 7) is 1.49. The van der Waals surface area contributed by atoms with Crippen LogP contribution in [0.3, 0.4) is 0 Å². The molecule has 0 radical (unpaired) electrons. The Morgan fingerprint density at radius 3 is 2.63 bits per heavy atom. The number of carboxylic acid groups (broad SMARTS) is 1. The molecule has 19 heavy (non-hydrogen) atoms. The third-order valence-electron chi connectivity index (χ3n) is 3.89. The topological polar surface area (TPSA) is 72.9 Å². The van der Waals surface area contributed by atoms with E-state index in [1.54, 1.807) is 17.1 Å². The highest BCUT2D eigenvalue weighted by Gasteiger charge is 2.30. The first-order chi connectivity index (χ1) is 8.97. The van der Waals surface area contributed by atoms with Crippen LogP contribution >= 0.6 is 0 Å². The Bertz CT molecular complexity index is 395. The maximum Gasteiger partial charge on any atom is 0.317 e. The van der Waals surface area contributed by atoms with E-state index in [1.165, 1.54) is 0 Å². The second-order valence-corrected chi connectivity index (χ2v) is 5.47. The summed E-state index contributed by atoms with van der Waals surface area (Å²) >= 11 is 0. The van der Waals surface area contributed by atoms with Crippen molar-refractivity contribution >= 4 is 12.0 Å². The predicted octanol–water partition coefficient (Wildman–Crippen LogP) is 0.361. The Kier molecular flexibility index (Phi) is 4.09. The number of hydrogen-bond acceptors (Lipinski definition) is 3. The molecule has 0 saturated carbocycles. The van der Waals surface area contributed by atoms with Crippen molar-refractivity contribution in [2.75, 3.05) is 27.2 Å². The van der Waals surface area contributed by atoms with Gasteiger partial charge in [-0.1, -0.05) is 12.2 Å². The van der Waals surface area contributed by atoms with Gasteiger partial charge >= 0.3 is 12.0 Å². The summed E-state index contributed by atoms with van der Waals surface area (Å²) in [5.41, 5.74) is 0. The van der Waals surface area contributed by atoms with Crippen LogP contribution in [0.25, 0.3) is 0 Å². The van der Waals surface area contributed by atoms with Gasteiger partial charge in [0.2, 0.25) is 0 Å². The summed E-state index contributed by atoms with van der Waals surface area (Å²) in [7, 11) is 4.03. The lowest BCUT2D eigenvalue weighted by Gasteiger charge is -2.22. The molecule has 1 aliphatic heterocycles. The third kappa shape index (κ3) is 3.26. The molecule has 2 aliphatic rings. The molecule has 0 aromatic rings. The Labute approximate surface area is 113 Å². The van der Waals surface area contributed by atoms with Gasteiger partial charge in [-0.05, 0) is 26.9 Å². The molecule has 2 amide bonds. The van der Waals surface area contributed by atoms with Crippen LogP contribution in [0.4, 0.5) is 4.79 Å². The van der Waals surface area contributed by atoms with Crippen LogP contribution in [0.15, 0.2) is 12.2 Å². The molecule has 2 N–H and O–H groups in total. The molecule has 3 unspecified atom stereocenters. The van der Waals surface area contributed by atoms with Crippen LogP contribution in [-0.4, -0.2) is 66.2 Å². The van der Waals surface area contributed by atoms with Gasteiger partial charge in [0.15, 0.2) is 0 Å². The summed E-state index contributed by atoms with van der Waals surface area (Å²) in [6, 6.07) is 0.161. The van der Waals surface area contributed by atoms with Gasteiger partial charge in [-0.15, -0.1) is 0 Å². The van der Waals surface area contributed by atoms with Gasteiger partial charge in [0.1, 0.15) is 0 Å². The zero-order valence-electron chi connectivity index (χ0n) is 11.4. The number of carbonyl (C=O) groups is 2. The molecule has 0 bridgehead atoms. The number of rotatable bonds is 3. The highest BCUT2D eigenvalue weighted by atomic mass is 16.4. The number of hydrogen-bond donors (Lipinski definition) is 2. The second-order valence-electron chi connectivity index (χ2n) is 5.47. The predicted molar refractivity (Wildman–Crippen MR) is 70.9 cm³/mol. The first-order valence-electron chi connectivity index (χ1n) is 6.60. The van der Waals surface area contributed by atoms with Gasteiger partial charge in [0, 0.05) is 19.1 Å². The maximum absolute atomic E-state index is 12.1. The van der Waals surface area contributed by atoms with Gasteiger partial charge in [0.25, 0.3) is 0 Å². The normalized spacial score (nSPS) is 30.1. The van der Waals surface area contributed by atoms with Crippen LogP contribution < -0.4 is 5.32 Å². The Hall–Kier alpha value is -1.56. The van der Waals surface area contributed by atoms with E-state index in [2.05, 4.69) is 10.2 Å². The summed E-state index contributed by atoms with van der Waals surface area (Å²) in [4.78, 5) is 26.8. The zero-order valence-corrected chi connectivity index (χ0v) is 11.4. The van der Waals surface area contributed by atoms with E-state index >= 15 is 0 Å². The van der Waals surface area contributed by atoms with Crippen molar-refractivity contribution in [1.29, 1.82) is 0 Å². The average molecular weight is 267 g/mol. The summed E-state index contributed by atoms with van der Waals surface area (Å²) < 4.78 is 0. The van der Waals surface area contributed by atoms with Gasteiger partial charge in [-0.3, -0.25) is 4.79 Å². The lowest BCUT2D eigenvalue weighted by molar-refractivity contribution is -0.140. The van der Waals surface area contributed by atoms with Crippen molar-refractivity contribution < 1.29 is 14.7 Å². The maximum atomic E-state index is 12.1. The van der Waals surface area contributed by atoms with Gasteiger partial charge < -0.3 is 20.2 Å². The molecule has 1 saturated heterocycles. The Morgan fingerprint density at radius 2 is 2.11 bits per heavy atom. The van der Waals surface area contributed by atoms with Gasteiger partial charge in [0.05, 0.1) is 12.0 Å². The first-order valence-corrected chi connectivity index (χ1v) is 6.60. The number of likely N-dealkylation sites (N-methyl/N-ethyl adjacent to an activating group) is 1. The average Bonchev–Trinajstić information content (AvgIpc) is 2.96. The van der Waals surface area contributed by atoms with Crippen molar-refractivity contribution in [2.24, 2.45) is 5.92 Å². The number of carbonyl (C=O) groups excluding carboxylic acids is 1. The molecule has 1 fully saturated rings. The van der Waals surface area contributed by atoms with E-state index in [1.807, 2.05) is 14.1 Å². The van der Waals surface area contributed by atoms with Crippen molar-refractivity contribution in [3.05, 3.63) is 12.2 Å². The lowest BCUT2D eigenvalue weighted by atomic mass is 10.1. The van der Waals surface area contributed by atoms with Crippen molar-refractivity contribution in [1.82, 2.24) is 15.1 Å². The fourth-order valence-electron chi connectivity index (χ4n) is 2.59. The molecule has 1 heterocycles. The first kappa shape index (κ1) is 13.9. The number of likely N-dealkylation sites (tertiary alicyclic amines) is 1. The highest BCUT2D eigenvalue weighted by Crippen LogP contribution is 2.19. The highest BCUT2D eigenvalue weighted by molar-refractivity contribution is 5.76. The molecule has 0 aromatic heterocycles. The van der Waals surface area contributed by atoms with Gasteiger partial charge in [-0.2, -0.15) is 0 Å². The van der Waals surface area contributed by atoms with E-state index in [4.69, 9.17) is 5.11 Å². The standard InChI is InChI=1S/C13H21N3O3/c1-15(2)11-5-6-16(8-11)13(19)14-10-4-3-9(7-10)12(17)18/h3-4,9-11H,5-8H2,1-2H3,(H,14,19)(H,17,18). The lowest BCUT2D eigenvalue weighted by Crippen LogP contribution is -2.44. The minimum atomic E-state index is -0.832. The van der Waals surface area contributed by atoms with Crippen LogP contribution in [0.2, 0.25) is 0 Å². The molecule has 106 valence electrons. The fraction of sp³-hybridized carbons (Fsp3) is 0.692. The van der Waals surface area contributed by atoms with Crippen LogP contribution in [-0.2, 0) is 4.79 Å². The SMILES string of the molecule is CN(C)C1CCN(C(=O)NC2C=CC(C(=O)O)C2)C1. The largest absolute Gasteiger partial charge is 0.481 e. The van der Waals surface area contributed by atoms with Crippen molar-refractivity contribution in [2.45, 2.75) is 24.9 Å². The van der Waals surface area contributed by atoms with Gasteiger partial charge in [-0.25, -0.2) is 4.79 Å². The molecule has 6 nitrogen and oxygen atoms in total. The van der Waals surface area contributed by atoms with Crippen molar-refractivity contribution in [3.8, 4) is 0 Å². The van der Waals surface area contributed by atoms with Crippen LogP contribution in [0.5, 0.6) is 0 Å². The van der Waals surface area contributed by atoms with E-state index in [9.17, 15) is 9.59 Å². The molecular formula is C13H21N3O3. The molecule has 1 aliphatic carbocycles. The van der Waals surface area contributed by atoms with E-state index in [0.29, 0.717) is 12.5 Å². The third-order valence-corrected chi connectivity index (χ3v) is 3.89. The molecular weight excluding hydrogens is 246 g/mol. The molecule has 6 heteroatoms. The Balaban J connectivity index is 1.80. The zero-order chi connectivity index (χ0) is 14.0. The number of carboxylic acids is 1.